The quantitative estimate of drug-likeness (QED) is 0.437. The number of rotatable bonds is 4. The van der Waals surface area contributed by atoms with E-state index in [1.54, 1.807) is 13.2 Å². The zero-order chi connectivity index (χ0) is 24.9. The second kappa shape index (κ2) is 8.73. The van der Waals surface area contributed by atoms with Crippen LogP contribution in [0.25, 0.3) is 0 Å². The van der Waals surface area contributed by atoms with E-state index in [9.17, 15) is 4.79 Å². The van der Waals surface area contributed by atoms with Crippen molar-refractivity contribution >= 4 is 46.2 Å². The number of aryl methyl sites for hydroxylation is 2. The molecule has 180 valence electrons. The minimum atomic E-state index is -1.11. The van der Waals surface area contributed by atoms with Crippen LogP contribution >= 0.6 is 23.8 Å². The Labute approximate surface area is 215 Å². The van der Waals surface area contributed by atoms with Crippen molar-refractivity contribution in [1.82, 2.24) is 5.32 Å². The Hall–Kier alpha value is -3.29. The smallest absolute Gasteiger partial charge is 0.236 e. The normalized spacial score (nSPS) is 22.5. The Kier molecular flexibility index (Phi) is 5.85. The van der Waals surface area contributed by atoms with E-state index in [2.05, 4.69) is 10.6 Å². The van der Waals surface area contributed by atoms with Crippen LogP contribution < -0.4 is 25.0 Å². The van der Waals surface area contributed by atoms with E-state index in [0.29, 0.717) is 15.9 Å². The molecule has 0 radical (unpaired) electrons. The summed E-state index contributed by atoms with van der Waals surface area (Å²) in [6, 6.07) is 18.5. The summed E-state index contributed by atoms with van der Waals surface area (Å²) in [4.78, 5) is 15.8. The number of fused-ring (bicyclic) bond motifs is 4. The van der Waals surface area contributed by atoms with Gasteiger partial charge >= 0.3 is 0 Å². The van der Waals surface area contributed by atoms with Crippen molar-refractivity contribution in [3.63, 3.8) is 0 Å². The van der Waals surface area contributed by atoms with Crippen molar-refractivity contribution in [2.24, 2.45) is 5.92 Å². The number of carbonyl (C=O) groups is 1. The highest BCUT2D eigenvalue weighted by Crippen LogP contribution is 2.50. The van der Waals surface area contributed by atoms with Gasteiger partial charge in [-0.25, -0.2) is 0 Å². The Morgan fingerprint density at radius 2 is 1.89 bits per heavy atom. The molecule has 0 aliphatic carbocycles. The molecule has 0 unspecified atom stereocenters. The molecule has 3 aromatic carbocycles. The summed E-state index contributed by atoms with van der Waals surface area (Å²) in [6.45, 7) is 5.91. The molecule has 0 saturated carbocycles. The topological polar surface area (TPSA) is 62.8 Å². The maximum absolute atomic E-state index is 13.9. The molecule has 35 heavy (non-hydrogen) atoms. The highest BCUT2D eigenvalue weighted by molar-refractivity contribution is 7.80. The van der Waals surface area contributed by atoms with Gasteiger partial charge in [-0.2, -0.15) is 0 Å². The highest BCUT2D eigenvalue weighted by atomic mass is 35.5. The molecule has 1 saturated heterocycles. The number of nitrogens with one attached hydrogen (secondary N) is 2. The predicted octanol–water partition coefficient (Wildman–Crippen LogP) is 5.76. The second-order valence-electron chi connectivity index (χ2n) is 9.08. The first-order valence-electron chi connectivity index (χ1n) is 11.3. The average molecular weight is 508 g/mol. The second-order valence-corrected chi connectivity index (χ2v) is 9.91. The summed E-state index contributed by atoms with van der Waals surface area (Å²) in [5.41, 5.74) is 3.36. The summed E-state index contributed by atoms with van der Waals surface area (Å²) in [7, 11) is 1.62. The van der Waals surface area contributed by atoms with Gasteiger partial charge in [-0.1, -0.05) is 29.3 Å². The van der Waals surface area contributed by atoms with Gasteiger partial charge in [0.25, 0.3) is 0 Å². The van der Waals surface area contributed by atoms with Crippen LogP contribution in [-0.2, 0) is 4.79 Å². The Morgan fingerprint density at radius 1 is 1.14 bits per heavy atom. The fourth-order valence-electron chi connectivity index (χ4n) is 5.04. The maximum Gasteiger partial charge on any atom is 0.236 e. The zero-order valence-electron chi connectivity index (χ0n) is 19.9. The third-order valence-electron chi connectivity index (χ3n) is 6.71. The lowest BCUT2D eigenvalue weighted by Crippen LogP contribution is -2.72. The molecule has 1 fully saturated rings. The highest BCUT2D eigenvalue weighted by Gasteiger charge is 2.59. The monoisotopic (exact) mass is 507 g/mol. The lowest BCUT2D eigenvalue weighted by Gasteiger charge is -2.56. The average Bonchev–Trinajstić information content (AvgIpc) is 2.81. The van der Waals surface area contributed by atoms with Crippen molar-refractivity contribution in [3.05, 3.63) is 82.4 Å². The Balaban J connectivity index is 1.61. The van der Waals surface area contributed by atoms with Gasteiger partial charge in [-0.3, -0.25) is 9.69 Å². The van der Waals surface area contributed by atoms with Gasteiger partial charge in [-0.05, 0) is 87.1 Å². The van der Waals surface area contributed by atoms with Gasteiger partial charge in [0.05, 0.1) is 13.2 Å². The summed E-state index contributed by atoms with van der Waals surface area (Å²) in [6.07, 6.45) is 0. The number of carbonyl (C=O) groups excluding carboxylic acids is 1. The molecule has 6 nitrogen and oxygen atoms in total. The first-order chi connectivity index (χ1) is 16.7. The van der Waals surface area contributed by atoms with E-state index in [1.807, 2.05) is 80.3 Å². The van der Waals surface area contributed by atoms with Gasteiger partial charge in [-0.15, -0.1) is 0 Å². The van der Waals surface area contributed by atoms with Crippen LogP contribution in [0, 0.1) is 19.8 Å². The van der Waals surface area contributed by atoms with Crippen molar-refractivity contribution in [1.29, 1.82) is 0 Å². The lowest BCUT2D eigenvalue weighted by molar-refractivity contribution is -0.130. The summed E-state index contributed by atoms with van der Waals surface area (Å²) in [5, 5.41) is 7.56. The Bertz CT molecular complexity index is 1330. The molecule has 1 amide bonds. The fourth-order valence-corrected chi connectivity index (χ4v) is 5.63. The molecule has 0 spiro atoms. The number of benzene rings is 3. The number of hydrogen-bond acceptors (Lipinski definition) is 4. The number of halogens is 1. The van der Waals surface area contributed by atoms with Gasteiger partial charge in [0.2, 0.25) is 5.91 Å². The van der Waals surface area contributed by atoms with Gasteiger partial charge in [0, 0.05) is 22.0 Å². The van der Waals surface area contributed by atoms with Gasteiger partial charge in [0.15, 0.2) is 10.8 Å². The number of anilines is 2. The largest absolute Gasteiger partial charge is 0.497 e. The molecule has 2 bridgehead atoms. The molecule has 2 aliphatic rings. The van der Waals surface area contributed by atoms with E-state index >= 15 is 0 Å². The molecule has 0 aromatic heterocycles. The predicted molar refractivity (Wildman–Crippen MR) is 142 cm³/mol. The molecule has 2 aliphatic heterocycles. The number of thiocarbonyl (C=S) groups is 1. The lowest BCUT2D eigenvalue weighted by atomic mass is 9.78. The summed E-state index contributed by atoms with van der Waals surface area (Å²) < 4.78 is 11.9. The molecule has 5 rings (SSSR count). The van der Waals surface area contributed by atoms with Gasteiger partial charge < -0.3 is 20.1 Å². The number of hydrogen-bond donors (Lipinski definition) is 2. The van der Waals surface area contributed by atoms with Crippen LogP contribution in [0.1, 0.15) is 29.7 Å². The Morgan fingerprint density at radius 3 is 2.57 bits per heavy atom. The minimum absolute atomic E-state index is 0.177. The van der Waals surface area contributed by atoms with Crippen LogP contribution in [0.15, 0.2) is 60.7 Å². The van der Waals surface area contributed by atoms with Gasteiger partial charge in [0.1, 0.15) is 17.4 Å². The van der Waals surface area contributed by atoms with Crippen LogP contribution in [0.2, 0.25) is 5.02 Å². The number of methoxy groups -OCH3 is 1. The van der Waals surface area contributed by atoms with Crippen molar-refractivity contribution in [2.45, 2.75) is 32.5 Å². The van der Waals surface area contributed by atoms with E-state index in [-0.39, 0.29) is 5.91 Å². The molecular weight excluding hydrogens is 482 g/mol. The summed E-state index contributed by atoms with van der Waals surface area (Å²) in [5.74, 6) is 0.555. The van der Waals surface area contributed by atoms with E-state index < -0.39 is 17.7 Å². The molecule has 8 heteroatoms. The van der Waals surface area contributed by atoms with Crippen LogP contribution in [-0.4, -0.2) is 23.9 Å². The molecule has 2 heterocycles. The van der Waals surface area contributed by atoms with E-state index in [0.717, 1.165) is 33.8 Å². The van der Waals surface area contributed by atoms with E-state index in [4.69, 9.17) is 33.3 Å². The molecule has 3 atom stereocenters. The van der Waals surface area contributed by atoms with Crippen LogP contribution in [0.4, 0.5) is 11.4 Å². The first kappa shape index (κ1) is 23.5. The maximum atomic E-state index is 13.9. The minimum Gasteiger partial charge on any atom is -0.497 e. The standard InChI is InChI=1S/C27H26ClN3O3S/c1-15-5-11-21(16(2)13-15)29-25(32)23-24-20-14-17(28)6-12-22(20)34-27(23,3)31(26(35)30-24)18-7-9-19(33-4)10-8-18/h5-14,23-24H,1-4H3,(H,29,32)(H,30,35)/t23-,24-,27+/m1/s1. The number of amides is 1. The third kappa shape index (κ3) is 3.98. The first-order valence-corrected chi connectivity index (χ1v) is 12.1. The fraction of sp³-hybridized carbons (Fsp3) is 0.259. The number of nitrogens with zero attached hydrogens (tertiary/aromatic N) is 1. The third-order valence-corrected chi connectivity index (χ3v) is 7.25. The van der Waals surface area contributed by atoms with Crippen molar-refractivity contribution in [2.75, 3.05) is 17.3 Å². The zero-order valence-corrected chi connectivity index (χ0v) is 21.5. The van der Waals surface area contributed by atoms with Crippen LogP contribution in [0.5, 0.6) is 11.5 Å². The SMILES string of the molecule is COc1ccc(N2C(=S)N[C@@H]3c4cc(Cl)ccc4O[C@@]2(C)[C@H]3C(=O)Nc2ccc(C)cc2C)cc1. The van der Waals surface area contributed by atoms with Crippen molar-refractivity contribution in [3.8, 4) is 11.5 Å². The summed E-state index contributed by atoms with van der Waals surface area (Å²) >= 11 is 12.1. The number of ether oxygens (including phenoxy) is 2. The molecule has 3 aromatic rings. The molecule has 2 N–H and O–H groups in total. The van der Waals surface area contributed by atoms with Crippen molar-refractivity contribution < 1.29 is 14.3 Å². The van der Waals surface area contributed by atoms with E-state index in [1.165, 1.54) is 0 Å². The molecular formula is C27H26ClN3O3S. The van der Waals surface area contributed by atoms with Crippen LogP contribution in [0.3, 0.4) is 0 Å².